The van der Waals surface area contributed by atoms with E-state index in [0.717, 1.165) is 5.69 Å². The van der Waals surface area contributed by atoms with E-state index in [1.807, 2.05) is 0 Å². The van der Waals surface area contributed by atoms with E-state index in [-0.39, 0.29) is 16.5 Å². The van der Waals surface area contributed by atoms with Crippen LogP contribution in [-0.2, 0) is 16.6 Å². The monoisotopic (exact) mass is 301 g/mol. The summed E-state index contributed by atoms with van der Waals surface area (Å²) in [4.78, 5) is 7.76. The highest BCUT2D eigenvalue weighted by Crippen LogP contribution is 2.19. The van der Waals surface area contributed by atoms with E-state index >= 15 is 0 Å². The van der Waals surface area contributed by atoms with Gasteiger partial charge in [0.2, 0.25) is 15.9 Å². The first-order valence-corrected chi connectivity index (χ1v) is 7.28. The average Bonchev–Trinajstić information content (AvgIpc) is 2.67. The summed E-state index contributed by atoms with van der Waals surface area (Å²) in [5.41, 5.74) is 0.730. The molecule has 19 heavy (non-hydrogen) atoms. The Morgan fingerprint density at radius 2 is 2.16 bits per heavy atom. The Kier molecular flexibility index (Phi) is 3.88. The molecule has 0 radical (unpaired) electrons. The Balaban J connectivity index is 2.17. The van der Waals surface area contributed by atoms with Gasteiger partial charge in [0.25, 0.3) is 0 Å². The molecule has 0 unspecified atom stereocenters. The number of sulfonamides is 1. The molecule has 2 aromatic heterocycles. The van der Waals surface area contributed by atoms with E-state index in [1.54, 1.807) is 13.8 Å². The molecule has 0 bridgehead atoms. The zero-order chi connectivity index (χ0) is 14.0. The van der Waals surface area contributed by atoms with Crippen molar-refractivity contribution in [3.63, 3.8) is 0 Å². The van der Waals surface area contributed by atoms with E-state index in [4.69, 9.17) is 16.0 Å². The normalized spacial score (nSPS) is 11.7. The molecule has 0 saturated heterocycles. The number of pyridine rings is 1. The lowest BCUT2D eigenvalue weighted by Crippen LogP contribution is -2.23. The molecule has 0 aliphatic heterocycles. The molecule has 1 N–H and O–H groups in total. The number of rotatable bonds is 4. The predicted octanol–water partition coefficient (Wildman–Crippen LogP) is 1.82. The third-order valence-corrected chi connectivity index (χ3v) is 4.38. The Morgan fingerprint density at radius 1 is 1.42 bits per heavy atom. The van der Waals surface area contributed by atoms with Gasteiger partial charge in [0.15, 0.2) is 0 Å². The maximum Gasteiger partial charge on any atom is 0.244 e. The smallest absolute Gasteiger partial charge is 0.244 e. The van der Waals surface area contributed by atoms with E-state index in [0.29, 0.717) is 11.7 Å². The molecule has 0 saturated carbocycles. The van der Waals surface area contributed by atoms with Gasteiger partial charge in [-0.2, -0.15) is 0 Å². The third kappa shape index (κ3) is 3.12. The molecule has 0 amide bonds. The Labute approximate surface area is 115 Å². The van der Waals surface area contributed by atoms with Gasteiger partial charge >= 0.3 is 0 Å². The molecule has 8 heteroatoms. The van der Waals surface area contributed by atoms with Gasteiger partial charge in [0, 0.05) is 12.4 Å². The Morgan fingerprint density at radius 3 is 2.74 bits per heavy atom. The topological polar surface area (TPSA) is 85.1 Å². The minimum atomic E-state index is -3.74. The summed E-state index contributed by atoms with van der Waals surface area (Å²) < 4.78 is 31.7. The number of nitrogens with zero attached hydrogens (tertiary/aromatic N) is 2. The fraction of sp³-hybridized carbons (Fsp3) is 0.273. The minimum absolute atomic E-state index is 0.0394. The molecule has 102 valence electrons. The van der Waals surface area contributed by atoms with Crippen LogP contribution in [0.4, 0.5) is 0 Å². The molecule has 0 atom stereocenters. The van der Waals surface area contributed by atoms with Crippen molar-refractivity contribution in [2.75, 3.05) is 0 Å². The van der Waals surface area contributed by atoms with E-state index in [1.165, 1.54) is 18.5 Å². The maximum atomic E-state index is 12.0. The van der Waals surface area contributed by atoms with Crippen LogP contribution < -0.4 is 4.72 Å². The SMILES string of the molecule is Cc1nc(CNS(=O)(=O)c2cnccc2Cl)oc1C. The standard InChI is InChI=1S/C11H12ClN3O3S/c1-7-8(2)18-11(15-7)6-14-19(16,17)10-5-13-4-3-9(10)12/h3-5,14H,6H2,1-2H3. The van der Waals surface area contributed by atoms with Crippen molar-refractivity contribution in [3.05, 3.63) is 40.8 Å². The molecule has 0 fully saturated rings. The molecule has 6 nitrogen and oxygen atoms in total. The second-order valence-corrected chi connectivity index (χ2v) is 6.02. The van der Waals surface area contributed by atoms with Gasteiger partial charge in [0.1, 0.15) is 10.7 Å². The molecule has 2 aromatic rings. The predicted molar refractivity (Wildman–Crippen MR) is 69.2 cm³/mol. The second kappa shape index (κ2) is 5.28. The summed E-state index contributed by atoms with van der Waals surface area (Å²) in [6.07, 6.45) is 2.61. The van der Waals surface area contributed by atoms with Crippen LogP contribution in [0.15, 0.2) is 27.8 Å². The highest BCUT2D eigenvalue weighted by atomic mass is 35.5. The van der Waals surface area contributed by atoms with Crippen molar-refractivity contribution in [1.29, 1.82) is 0 Å². The first kappa shape index (κ1) is 14.0. The van der Waals surface area contributed by atoms with Crippen LogP contribution >= 0.6 is 11.6 Å². The summed E-state index contributed by atoms with van der Waals surface area (Å²) in [6, 6.07) is 1.41. The van der Waals surface area contributed by atoms with Gasteiger partial charge in [-0.3, -0.25) is 4.98 Å². The van der Waals surface area contributed by atoms with E-state index in [9.17, 15) is 8.42 Å². The molecule has 2 rings (SSSR count). The number of nitrogens with one attached hydrogen (secondary N) is 1. The number of aromatic nitrogens is 2. The second-order valence-electron chi connectivity index (χ2n) is 3.88. The zero-order valence-electron chi connectivity index (χ0n) is 10.3. The van der Waals surface area contributed by atoms with Crippen LogP contribution in [0, 0.1) is 13.8 Å². The molecule has 0 aromatic carbocycles. The fourth-order valence-corrected chi connectivity index (χ4v) is 2.81. The van der Waals surface area contributed by atoms with Gasteiger partial charge in [0.05, 0.1) is 17.3 Å². The first-order valence-electron chi connectivity index (χ1n) is 5.42. The van der Waals surface area contributed by atoms with Gasteiger partial charge in [-0.15, -0.1) is 0 Å². The number of aryl methyl sites for hydroxylation is 2. The van der Waals surface area contributed by atoms with Crippen molar-refractivity contribution in [2.24, 2.45) is 0 Å². The van der Waals surface area contributed by atoms with Gasteiger partial charge in [-0.05, 0) is 19.9 Å². The molecule has 2 heterocycles. The van der Waals surface area contributed by atoms with Crippen LogP contribution in [0.1, 0.15) is 17.3 Å². The lowest BCUT2D eigenvalue weighted by Gasteiger charge is -2.05. The molecular weight excluding hydrogens is 290 g/mol. The molecule has 0 spiro atoms. The van der Waals surface area contributed by atoms with Crippen molar-refractivity contribution in [3.8, 4) is 0 Å². The van der Waals surface area contributed by atoms with Crippen LogP contribution in [-0.4, -0.2) is 18.4 Å². The van der Waals surface area contributed by atoms with E-state index in [2.05, 4.69) is 14.7 Å². The van der Waals surface area contributed by atoms with Crippen LogP contribution in [0.5, 0.6) is 0 Å². The molecule has 0 aliphatic rings. The summed E-state index contributed by atoms with van der Waals surface area (Å²) in [5.74, 6) is 0.965. The van der Waals surface area contributed by atoms with E-state index < -0.39 is 10.0 Å². The summed E-state index contributed by atoms with van der Waals surface area (Å²) in [5, 5.41) is 0.113. The molecular formula is C11H12ClN3O3S. The lowest BCUT2D eigenvalue weighted by molar-refractivity contribution is 0.463. The maximum absolute atomic E-state index is 12.0. The van der Waals surface area contributed by atoms with Gasteiger partial charge < -0.3 is 4.42 Å². The van der Waals surface area contributed by atoms with Crippen LogP contribution in [0.2, 0.25) is 5.02 Å². The Hall–Kier alpha value is -1.44. The van der Waals surface area contributed by atoms with Crippen molar-refractivity contribution in [2.45, 2.75) is 25.3 Å². The summed E-state index contributed by atoms with van der Waals surface area (Å²) >= 11 is 5.82. The summed E-state index contributed by atoms with van der Waals surface area (Å²) in [7, 11) is -3.74. The first-order chi connectivity index (χ1) is 8.90. The largest absolute Gasteiger partial charge is 0.444 e. The van der Waals surface area contributed by atoms with Crippen molar-refractivity contribution < 1.29 is 12.8 Å². The number of hydrogen-bond donors (Lipinski definition) is 1. The number of oxazole rings is 1. The van der Waals surface area contributed by atoms with Crippen LogP contribution in [0.25, 0.3) is 0 Å². The lowest BCUT2D eigenvalue weighted by atomic mass is 10.4. The number of halogens is 1. The number of hydrogen-bond acceptors (Lipinski definition) is 5. The van der Waals surface area contributed by atoms with Gasteiger partial charge in [-0.1, -0.05) is 11.6 Å². The van der Waals surface area contributed by atoms with Gasteiger partial charge in [-0.25, -0.2) is 18.1 Å². The fourth-order valence-electron chi connectivity index (χ4n) is 1.41. The Bertz CT molecular complexity index is 677. The van der Waals surface area contributed by atoms with Crippen LogP contribution in [0.3, 0.4) is 0 Å². The quantitative estimate of drug-likeness (QED) is 0.931. The summed E-state index contributed by atoms with van der Waals surface area (Å²) in [6.45, 7) is 3.51. The third-order valence-electron chi connectivity index (χ3n) is 2.51. The average molecular weight is 302 g/mol. The van der Waals surface area contributed by atoms with Crippen molar-refractivity contribution >= 4 is 21.6 Å². The molecule has 0 aliphatic carbocycles. The van der Waals surface area contributed by atoms with Crippen molar-refractivity contribution in [1.82, 2.24) is 14.7 Å². The minimum Gasteiger partial charge on any atom is -0.444 e. The highest BCUT2D eigenvalue weighted by Gasteiger charge is 2.19. The highest BCUT2D eigenvalue weighted by molar-refractivity contribution is 7.89. The zero-order valence-corrected chi connectivity index (χ0v) is 11.9.